The number of likely N-dealkylation sites (N-methyl/N-ethyl adjacent to an activating group) is 1. The second kappa shape index (κ2) is 6.70. The smallest absolute Gasteiger partial charge is 0.329 e. The molecule has 0 saturated carbocycles. The van der Waals surface area contributed by atoms with Crippen LogP contribution in [0.2, 0.25) is 0 Å². The minimum atomic E-state index is -1.31. The van der Waals surface area contributed by atoms with Crippen LogP contribution >= 0.6 is 0 Å². The molecule has 6 heteroatoms. The van der Waals surface area contributed by atoms with Crippen molar-refractivity contribution in [3.8, 4) is 16.9 Å². The van der Waals surface area contributed by atoms with Crippen LogP contribution in [0.3, 0.4) is 0 Å². The lowest BCUT2D eigenvalue weighted by atomic mass is 10.0. The number of carboxylic acids is 1. The molecule has 0 fully saturated rings. The van der Waals surface area contributed by atoms with Crippen molar-refractivity contribution >= 4 is 11.9 Å². The van der Waals surface area contributed by atoms with Crippen molar-refractivity contribution in [1.29, 1.82) is 0 Å². The van der Waals surface area contributed by atoms with Crippen LogP contribution in [0.5, 0.6) is 5.75 Å². The number of benzene rings is 1. The Morgan fingerprint density at radius 1 is 1.12 bits per heavy atom. The number of carbonyl (C=O) groups excluding carboxylic acids is 1. The van der Waals surface area contributed by atoms with E-state index in [1.54, 1.807) is 19.4 Å². The van der Waals surface area contributed by atoms with Gasteiger partial charge in [0.15, 0.2) is 0 Å². The number of pyridine rings is 1. The van der Waals surface area contributed by atoms with Crippen LogP contribution in [0.15, 0.2) is 42.7 Å². The van der Waals surface area contributed by atoms with E-state index in [2.05, 4.69) is 4.98 Å². The van der Waals surface area contributed by atoms with E-state index in [0.717, 1.165) is 16.9 Å². The summed E-state index contributed by atoms with van der Waals surface area (Å²) >= 11 is 0. The maximum atomic E-state index is 12.6. The Morgan fingerprint density at radius 2 is 1.75 bits per heavy atom. The van der Waals surface area contributed by atoms with E-state index in [9.17, 15) is 14.7 Å². The van der Waals surface area contributed by atoms with Crippen LogP contribution in [-0.2, 0) is 4.79 Å². The molecule has 2 rings (SSSR count). The van der Waals surface area contributed by atoms with Crippen molar-refractivity contribution in [3.63, 3.8) is 0 Å². The van der Waals surface area contributed by atoms with Crippen molar-refractivity contribution in [3.05, 3.63) is 48.3 Å². The fourth-order valence-electron chi connectivity index (χ4n) is 2.09. The van der Waals surface area contributed by atoms with Gasteiger partial charge in [-0.25, -0.2) is 4.79 Å². The number of hydrogen-bond acceptors (Lipinski definition) is 4. The molecule has 0 aliphatic heterocycles. The highest BCUT2D eigenvalue weighted by Gasteiger charge is 2.35. The Morgan fingerprint density at radius 3 is 2.29 bits per heavy atom. The van der Waals surface area contributed by atoms with Crippen LogP contribution < -0.4 is 4.74 Å². The third-order valence-corrected chi connectivity index (χ3v) is 4.08. The van der Waals surface area contributed by atoms with E-state index in [1.165, 1.54) is 32.0 Å². The summed E-state index contributed by atoms with van der Waals surface area (Å²) in [4.78, 5) is 29.2. The van der Waals surface area contributed by atoms with Gasteiger partial charge in [-0.05, 0) is 37.6 Å². The van der Waals surface area contributed by atoms with Crippen LogP contribution in [0, 0.1) is 0 Å². The van der Waals surface area contributed by atoms with Crippen molar-refractivity contribution in [2.75, 3.05) is 14.2 Å². The molecule has 1 aromatic heterocycles. The summed E-state index contributed by atoms with van der Waals surface area (Å²) in [5.74, 6) is -0.732. The molecule has 1 N–H and O–H groups in total. The van der Waals surface area contributed by atoms with Crippen LogP contribution in [-0.4, -0.2) is 46.6 Å². The average Bonchev–Trinajstić information content (AvgIpc) is 2.60. The summed E-state index contributed by atoms with van der Waals surface area (Å²) in [5.41, 5.74) is 0.677. The van der Waals surface area contributed by atoms with E-state index in [4.69, 9.17) is 4.74 Å². The number of rotatable bonds is 5. The lowest BCUT2D eigenvalue weighted by molar-refractivity contribution is -0.147. The quantitative estimate of drug-likeness (QED) is 0.913. The van der Waals surface area contributed by atoms with Gasteiger partial charge in [0.1, 0.15) is 11.3 Å². The minimum Gasteiger partial charge on any atom is -0.497 e. The Kier molecular flexibility index (Phi) is 4.87. The largest absolute Gasteiger partial charge is 0.497 e. The Labute approximate surface area is 140 Å². The van der Waals surface area contributed by atoms with Crippen LogP contribution in [0.4, 0.5) is 0 Å². The first-order valence-electron chi connectivity index (χ1n) is 7.38. The maximum absolute atomic E-state index is 12.6. The Balaban J connectivity index is 2.32. The zero-order valence-electron chi connectivity index (χ0n) is 14.1. The molecule has 0 saturated heterocycles. The number of carbonyl (C=O) groups is 2. The monoisotopic (exact) mass is 328 g/mol. The molecule has 2 aromatic rings. The van der Waals surface area contributed by atoms with Gasteiger partial charge in [-0.1, -0.05) is 12.1 Å². The van der Waals surface area contributed by atoms with Crippen molar-refractivity contribution in [2.24, 2.45) is 0 Å². The Bertz CT molecular complexity index is 754. The maximum Gasteiger partial charge on any atom is 0.329 e. The van der Waals surface area contributed by atoms with Gasteiger partial charge in [0.05, 0.1) is 12.7 Å². The molecule has 0 bridgehead atoms. The molecule has 0 spiro atoms. The predicted octanol–water partition coefficient (Wildman–Crippen LogP) is 2.69. The SMILES string of the molecule is COc1ccc(-c2cncc(C(=O)N(C)C(C)(C)C(=O)O)c2)cc1. The van der Waals surface area contributed by atoms with Crippen molar-refractivity contribution in [1.82, 2.24) is 9.88 Å². The van der Waals surface area contributed by atoms with Gasteiger partial charge in [-0.2, -0.15) is 0 Å². The van der Waals surface area contributed by atoms with E-state index >= 15 is 0 Å². The van der Waals surface area contributed by atoms with Gasteiger partial charge >= 0.3 is 5.97 Å². The van der Waals surface area contributed by atoms with Crippen molar-refractivity contribution < 1.29 is 19.4 Å². The topological polar surface area (TPSA) is 79.7 Å². The zero-order valence-corrected chi connectivity index (χ0v) is 14.1. The molecular formula is C18H20N2O4. The third-order valence-electron chi connectivity index (χ3n) is 4.08. The molecule has 0 atom stereocenters. The number of ether oxygens (including phenoxy) is 1. The lowest BCUT2D eigenvalue weighted by Crippen LogP contribution is -2.50. The third kappa shape index (κ3) is 3.37. The average molecular weight is 328 g/mol. The molecule has 126 valence electrons. The van der Waals surface area contributed by atoms with Crippen LogP contribution in [0.25, 0.3) is 11.1 Å². The standard InChI is InChI=1S/C18H20N2O4/c1-18(2,17(22)23)20(3)16(21)14-9-13(10-19-11-14)12-5-7-15(24-4)8-6-12/h5-11H,1-4H3,(H,22,23). The van der Waals surface area contributed by atoms with Gasteiger partial charge in [-0.3, -0.25) is 9.78 Å². The van der Waals surface area contributed by atoms with Gasteiger partial charge in [0.25, 0.3) is 5.91 Å². The van der Waals surface area contributed by atoms with Gasteiger partial charge in [0, 0.05) is 25.0 Å². The molecule has 0 radical (unpaired) electrons. The number of aromatic nitrogens is 1. The fourth-order valence-corrected chi connectivity index (χ4v) is 2.09. The minimum absolute atomic E-state index is 0.333. The second-order valence-electron chi connectivity index (χ2n) is 5.92. The van der Waals surface area contributed by atoms with E-state index in [0.29, 0.717) is 5.56 Å². The van der Waals surface area contributed by atoms with Crippen molar-refractivity contribution in [2.45, 2.75) is 19.4 Å². The summed E-state index contributed by atoms with van der Waals surface area (Å²) in [6.45, 7) is 2.96. The summed E-state index contributed by atoms with van der Waals surface area (Å²) in [6.07, 6.45) is 3.09. The number of amides is 1. The Hall–Kier alpha value is -2.89. The number of carboxylic acid groups (broad SMARTS) is 1. The number of aliphatic carboxylic acids is 1. The highest BCUT2D eigenvalue weighted by atomic mass is 16.5. The zero-order chi connectivity index (χ0) is 17.9. The molecular weight excluding hydrogens is 308 g/mol. The molecule has 1 amide bonds. The molecule has 6 nitrogen and oxygen atoms in total. The highest BCUT2D eigenvalue weighted by molar-refractivity contribution is 5.98. The summed E-state index contributed by atoms with van der Waals surface area (Å²) in [5, 5.41) is 9.27. The fraction of sp³-hybridized carbons (Fsp3) is 0.278. The summed E-state index contributed by atoms with van der Waals surface area (Å²) in [7, 11) is 3.06. The van der Waals surface area contributed by atoms with Crippen LogP contribution in [0.1, 0.15) is 24.2 Å². The second-order valence-corrected chi connectivity index (χ2v) is 5.92. The number of hydrogen-bond donors (Lipinski definition) is 1. The van der Waals surface area contributed by atoms with E-state index in [1.807, 2.05) is 24.3 Å². The molecule has 0 unspecified atom stereocenters. The molecule has 24 heavy (non-hydrogen) atoms. The van der Waals surface area contributed by atoms with Gasteiger partial charge in [0.2, 0.25) is 0 Å². The number of methoxy groups -OCH3 is 1. The molecule has 1 heterocycles. The summed E-state index contributed by atoms with van der Waals surface area (Å²) < 4.78 is 5.13. The highest BCUT2D eigenvalue weighted by Crippen LogP contribution is 2.24. The molecule has 0 aliphatic rings. The normalized spacial score (nSPS) is 11.0. The van der Waals surface area contributed by atoms with E-state index < -0.39 is 17.4 Å². The van der Waals surface area contributed by atoms with Gasteiger partial charge in [-0.15, -0.1) is 0 Å². The number of nitrogens with zero attached hydrogens (tertiary/aromatic N) is 2. The first-order valence-corrected chi connectivity index (χ1v) is 7.38. The summed E-state index contributed by atoms with van der Waals surface area (Å²) in [6, 6.07) is 9.09. The molecule has 0 aliphatic carbocycles. The predicted molar refractivity (Wildman–Crippen MR) is 90.0 cm³/mol. The lowest BCUT2D eigenvalue weighted by Gasteiger charge is -2.31. The first kappa shape index (κ1) is 17.5. The first-order chi connectivity index (χ1) is 11.3. The van der Waals surface area contributed by atoms with Gasteiger partial charge < -0.3 is 14.7 Å². The molecule has 1 aromatic carbocycles. The van der Waals surface area contributed by atoms with E-state index in [-0.39, 0.29) is 0 Å².